The molecule has 2 N–H and O–H groups in total. The molecule has 0 aromatic heterocycles. The summed E-state index contributed by atoms with van der Waals surface area (Å²) in [7, 11) is 0. The van der Waals surface area contributed by atoms with Crippen LogP contribution in [0.4, 0.5) is 5.69 Å². The van der Waals surface area contributed by atoms with Crippen molar-refractivity contribution in [1.82, 2.24) is 5.32 Å². The Hall–Kier alpha value is -1.35. The van der Waals surface area contributed by atoms with Gasteiger partial charge in [0.1, 0.15) is 0 Å². The number of para-hydroxylation sites is 1. The minimum Gasteiger partial charge on any atom is -0.326 e. The van der Waals surface area contributed by atoms with E-state index in [0.717, 1.165) is 17.8 Å². The molecule has 2 rings (SSSR count). The summed E-state index contributed by atoms with van der Waals surface area (Å²) in [6.07, 6.45) is 6.99. The smallest absolute Gasteiger partial charge is 0.224 e. The van der Waals surface area contributed by atoms with Gasteiger partial charge in [0.05, 0.1) is 0 Å². The summed E-state index contributed by atoms with van der Waals surface area (Å²) in [6.45, 7) is 5.15. The third-order valence-electron chi connectivity index (χ3n) is 4.41. The van der Waals surface area contributed by atoms with E-state index < -0.39 is 0 Å². The minimum atomic E-state index is 0.165. The molecule has 0 heterocycles. The molecule has 1 amide bonds. The van der Waals surface area contributed by atoms with E-state index in [4.69, 9.17) is 0 Å². The molecule has 1 saturated carbocycles. The number of carbonyl (C=O) groups excluding carboxylic acids is 1. The van der Waals surface area contributed by atoms with Gasteiger partial charge in [-0.1, -0.05) is 44.4 Å². The van der Waals surface area contributed by atoms with Gasteiger partial charge >= 0.3 is 0 Å². The molecule has 21 heavy (non-hydrogen) atoms. The molecular weight excluding hydrogens is 260 g/mol. The zero-order valence-corrected chi connectivity index (χ0v) is 13.3. The number of hydrogen-bond acceptors (Lipinski definition) is 2. The molecular formula is C18H28N2O. The van der Waals surface area contributed by atoms with Crippen molar-refractivity contribution in [2.75, 3.05) is 11.9 Å². The fourth-order valence-corrected chi connectivity index (χ4v) is 3.26. The van der Waals surface area contributed by atoms with Crippen LogP contribution in [0.15, 0.2) is 24.3 Å². The Labute approximate surface area is 128 Å². The van der Waals surface area contributed by atoms with Crippen molar-refractivity contribution in [2.24, 2.45) is 5.92 Å². The molecule has 0 radical (unpaired) electrons. The van der Waals surface area contributed by atoms with Gasteiger partial charge in [0.2, 0.25) is 5.91 Å². The van der Waals surface area contributed by atoms with Gasteiger partial charge in [-0.05, 0) is 43.9 Å². The van der Waals surface area contributed by atoms with Crippen molar-refractivity contribution >= 4 is 11.6 Å². The maximum atomic E-state index is 12.3. The maximum Gasteiger partial charge on any atom is 0.224 e. The predicted octanol–water partition coefficient (Wildman–Crippen LogP) is 4.27. The molecule has 3 heteroatoms. The lowest BCUT2D eigenvalue weighted by Crippen LogP contribution is -2.22. The van der Waals surface area contributed by atoms with Crippen molar-refractivity contribution < 1.29 is 4.79 Å². The average molecular weight is 288 g/mol. The zero-order chi connectivity index (χ0) is 15.1. The Morgan fingerprint density at radius 2 is 1.95 bits per heavy atom. The monoisotopic (exact) mass is 288 g/mol. The molecule has 1 aliphatic carbocycles. The Balaban J connectivity index is 1.96. The van der Waals surface area contributed by atoms with Gasteiger partial charge in [-0.25, -0.2) is 0 Å². The highest BCUT2D eigenvalue weighted by molar-refractivity contribution is 5.91. The van der Waals surface area contributed by atoms with Crippen molar-refractivity contribution in [3.63, 3.8) is 0 Å². The second kappa shape index (κ2) is 8.18. The number of benzene rings is 1. The Kier molecular flexibility index (Phi) is 6.24. The summed E-state index contributed by atoms with van der Waals surface area (Å²) in [5, 5.41) is 6.52. The van der Waals surface area contributed by atoms with Gasteiger partial charge < -0.3 is 10.6 Å². The molecule has 0 aliphatic heterocycles. The maximum absolute atomic E-state index is 12.3. The van der Waals surface area contributed by atoms with Crippen LogP contribution in [-0.4, -0.2) is 12.5 Å². The van der Waals surface area contributed by atoms with Gasteiger partial charge in [0.25, 0.3) is 0 Å². The highest BCUT2D eigenvalue weighted by Crippen LogP contribution is 2.27. The third kappa shape index (κ3) is 4.85. The van der Waals surface area contributed by atoms with Crippen LogP contribution < -0.4 is 10.6 Å². The fraction of sp³-hybridized carbons (Fsp3) is 0.611. The number of rotatable bonds is 6. The van der Waals surface area contributed by atoms with Gasteiger partial charge in [-0.3, -0.25) is 4.79 Å². The summed E-state index contributed by atoms with van der Waals surface area (Å²) in [4.78, 5) is 12.3. The largest absolute Gasteiger partial charge is 0.326 e. The lowest BCUT2D eigenvalue weighted by Gasteiger charge is -2.22. The van der Waals surface area contributed by atoms with Crippen molar-refractivity contribution in [2.45, 2.75) is 58.4 Å². The molecule has 1 unspecified atom stereocenters. The van der Waals surface area contributed by atoms with Crippen LogP contribution in [0.3, 0.4) is 0 Å². The van der Waals surface area contributed by atoms with Crippen LogP contribution in [0.2, 0.25) is 0 Å². The molecule has 0 saturated heterocycles. The van der Waals surface area contributed by atoms with E-state index in [1.807, 2.05) is 18.2 Å². The fourth-order valence-electron chi connectivity index (χ4n) is 3.26. The number of carbonyl (C=O) groups is 1. The van der Waals surface area contributed by atoms with Crippen LogP contribution >= 0.6 is 0 Å². The Bertz CT molecular complexity index is 452. The molecule has 1 fully saturated rings. The van der Waals surface area contributed by atoms with Crippen molar-refractivity contribution in [3.05, 3.63) is 29.8 Å². The first-order valence-electron chi connectivity index (χ1n) is 8.33. The first-order valence-corrected chi connectivity index (χ1v) is 8.33. The first-order chi connectivity index (χ1) is 10.2. The molecule has 116 valence electrons. The van der Waals surface area contributed by atoms with Gasteiger partial charge in [0, 0.05) is 18.2 Å². The van der Waals surface area contributed by atoms with Gasteiger partial charge in [0.15, 0.2) is 0 Å². The van der Waals surface area contributed by atoms with E-state index in [2.05, 4.69) is 30.5 Å². The second-order valence-corrected chi connectivity index (χ2v) is 6.12. The lowest BCUT2D eigenvalue weighted by atomic mass is 9.87. The topological polar surface area (TPSA) is 41.1 Å². The van der Waals surface area contributed by atoms with Gasteiger partial charge in [-0.2, -0.15) is 0 Å². The standard InChI is InChI=1S/C18H28N2O/c1-3-19-14(2)16-11-7-8-12-17(16)20-18(21)13-15-9-5-4-6-10-15/h7-8,11-12,14-15,19H,3-6,9-10,13H2,1-2H3,(H,20,21). The number of nitrogens with one attached hydrogen (secondary N) is 2. The molecule has 1 atom stereocenters. The van der Waals surface area contributed by atoms with Crippen LogP contribution in [-0.2, 0) is 4.79 Å². The highest BCUT2D eigenvalue weighted by Gasteiger charge is 2.18. The third-order valence-corrected chi connectivity index (χ3v) is 4.41. The molecule has 1 aromatic carbocycles. The summed E-state index contributed by atoms with van der Waals surface area (Å²) in [5.41, 5.74) is 2.11. The molecule has 1 aliphatic rings. The minimum absolute atomic E-state index is 0.165. The first kappa shape index (κ1) is 16.0. The summed E-state index contributed by atoms with van der Waals surface area (Å²) >= 11 is 0. The zero-order valence-electron chi connectivity index (χ0n) is 13.3. The summed E-state index contributed by atoms with van der Waals surface area (Å²) in [6, 6.07) is 8.35. The van der Waals surface area contributed by atoms with Crippen LogP contribution in [0, 0.1) is 5.92 Å². The van der Waals surface area contributed by atoms with Gasteiger partial charge in [-0.15, -0.1) is 0 Å². The SMILES string of the molecule is CCNC(C)c1ccccc1NC(=O)CC1CCCCC1. The molecule has 0 spiro atoms. The average Bonchev–Trinajstić information content (AvgIpc) is 2.49. The number of anilines is 1. The van der Waals surface area contributed by atoms with E-state index in [-0.39, 0.29) is 11.9 Å². The molecule has 0 bridgehead atoms. The van der Waals surface area contributed by atoms with E-state index in [0.29, 0.717) is 12.3 Å². The van der Waals surface area contributed by atoms with Crippen LogP contribution in [0.25, 0.3) is 0 Å². The normalized spacial score (nSPS) is 17.4. The summed E-state index contributed by atoms with van der Waals surface area (Å²) in [5.74, 6) is 0.746. The molecule has 1 aromatic rings. The van der Waals surface area contributed by atoms with Crippen molar-refractivity contribution in [3.8, 4) is 0 Å². The Morgan fingerprint density at radius 1 is 1.24 bits per heavy atom. The lowest BCUT2D eigenvalue weighted by molar-refractivity contribution is -0.117. The highest BCUT2D eigenvalue weighted by atomic mass is 16.1. The van der Waals surface area contributed by atoms with E-state index >= 15 is 0 Å². The summed E-state index contributed by atoms with van der Waals surface area (Å²) < 4.78 is 0. The molecule has 3 nitrogen and oxygen atoms in total. The predicted molar refractivity (Wildman–Crippen MR) is 88.4 cm³/mol. The number of amides is 1. The second-order valence-electron chi connectivity index (χ2n) is 6.12. The van der Waals surface area contributed by atoms with Crippen LogP contribution in [0.5, 0.6) is 0 Å². The van der Waals surface area contributed by atoms with Crippen molar-refractivity contribution in [1.29, 1.82) is 0 Å². The van der Waals surface area contributed by atoms with E-state index in [1.54, 1.807) is 0 Å². The van der Waals surface area contributed by atoms with E-state index in [1.165, 1.54) is 32.1 Å². The quantitative estimate of drug-likeness (QED) is 0.821. The van der Waals surface area contributed by atoms with Crippen LogP contribution in [0.1, 0.15) is 64.0 Å². The van der Waals surface area contributed by atoms with E-state index in [9.17, 15) is 4.79 Å². The number of hydrogen-bond donors (Lipinski definition) is 2. The Morgan fingerprint density at radius 3 is 2.67 bits per heavy atom.